The lowest BCUT2D eigenvalue weighted by molar-refractivity contribution is -0.0142. The molecule has 4 bridgehead atoms. The third kappa shape index (κ3) is 4.77. The Hall–Kier alpha value is -1.23. The number of rotatable bonds is 8. The zero-order valence-corrected chi connectivity index (χ0v) is 20.4. The van der Waals surface area contributed by atoms with Gasteiger partial charge in [-0.15, -0.1) is 0 Å². The highest BCUT2D eigenvalue weighted by Gasteiger charge is 2.47. The first-order chi connectivity index (χ1) is 15.1. The van der Waals surface area contributed by atoms with Gasteiger partial charge in [0.1, 0.15) is 6.61 Å². The molecule has 4 saturated carbocycles. The molecule has 0 radical (unpaired) electrons. The van der Waals surface area contributed by atoms with Crippen molar-refractivity contribution in [2.75, 3.05) is 6.61 Å². The number of ether oxygens (including phenoxy) is 2. The summed E-state index contributed by atoms with van der Waals surface area (Å²) in [5.41, 5.74) is 2.31. The first-order valence-corrected chi connectivity index (χ1v) is 12.8. The van der Waals surface area contributed by atoms with E-state index in [4.69, 9.17) is 21.1 Å². The van der Waals surface area contributed by atoms with Crippen molar-refractivity contribution in [2.24, 2.45) is 23.7 Å². The molecule has 3 nitrogen and oxygen atoms in total. The van der Waals surface area contributed by atoms with E-state index in [-0.39, 0.29) is 0 Å². The SMILES string of the molecule is CCOc1cc(CNC2C3CC4CC(C3)CC2C4)cc(Br)c1OCc1ccc(Cl)cc1. The average Bonchev–Trinajstić information content (AvgIpc) is 2.74. The standard InChI is InChI=1S/C26H31BrClNO2/c1-2-30-24-13-19(12-23(27)26(24)31-15-16-3-5-22(28)6-4-16)14-29-25-20-8-17-7-18(10-20)11-21(25)9-17/h3-6,12-13,17-18,20-21,25,29H,2,7-11,14-15H2,1H3. The van der Waals surface area contributed by atoms with Gasteiger partial charge in [-0.05, 0) is 114 Å². The van der Waals surface area contributed by atoms with E-state index in [0.717, 1.165) is 56.8 Å². The number of hydrogen-bond donors (Lipinski definition) is 1. The van der Waals surface area contributed by atoms with Crippen LogP contribution in [-0.4, -0.2) is 12.6 Å². The van der Waals surface area contributed by atoms with Crippen molar-refractivity contribution >= 4 is 27.5 Å². The van der Waals surface area contributed by atoms with Gasteiger partial charge in [0.2, 0.25) is 0 Å². The van der Waals surface area contributed by atoms with Gasteiger partial charge in [-0.1, -0.05) is 23.7 Å². The van der Waals surface area contributed by atoms with Gasteiger partial charge in [0.15, 0.2) is 11.5 Å². The molecule has 0 aromatic heterocycles. The fraction of sp³-hybridized carbons (Fsp3) is 0.538. The van der Waals surface area contributed by atoms with Crippen molar-refractivity contribution in [3.63, 3.8) is 0 Å². The minimum absolute atomic E-state index is 0.473. The molecule has 166 valence electrons. The third-order valence-corrected chi connectivity index (χ3v) is 8.28. The summed E-state index contributed by atoms with van der Waals surface area (Å²) in [6, 6.07) is 12.7. The highest BCUT2D eigenvalue weighted by molar-refractivity contribution is 9.10. The Morgan fingerprint density at radius 3 is 2.26 bits per heavy atom. The molecule has 2 aromatic carbocycles. The lowest BCUT2D eigenvalue weighted by atomic mass is 9.54. The lowest BCUT2D eigenvalue weighted by Gasteiger charge is -2.54. The zero-order chi connectivity index (χ0) is 21.4. The fourth-order valence-corrected chi connectivity index (χ4v) is 7.09. The van der Waals surface area contributed by atoms with Crippen LogP contribution in [0.2, 0.25) is 5.02 Å². The molecule has 0 spiro atoms. The van der Waals surface area contributed by atoms with Crippen LogP contribution < -0.4 is 14.8 Å². The largest absolute Gasteiger partial charge is 0.490 e. The summed E-state index contributed by atoms with van der Waals surface area (Å²) < 4.78 is 13.0. The first kappa shape index (κ1) is 21.6. The van der Waals surface area contributed by atoms with Crippen LogP contribution in [-0.2, 0) is 13.2 Å². The van der Waals surface area contributed by atoms with Crippen LogP contribution >= 0.6 is 27.5 Å². The average molecular weight is 505 g/mol. The van der Waals surface area contributed by atoms with Crippen LogP contribution in [0.25, 0.3) is 0 Å². The Kier molecular flexibility index (Phi) is 6.50. The Balaban J connectivity index is 1.27. The molecule has 6 rings (SSSR count). The first-order valence-electron chi connectivity index (χ1n) is 11.6. The molecule has 0 aliphatic heterocycles. The van der Waals surface area contributed by atoms with Crippen LogP contribution in [0.4, 0.5) is 0 Å². The highest BCUT2D eigenvalue weighted by Crippen LogP contribution is 2.53. The molecule has 0 unspecified atom stereocenters. The van der Waals surface area contributed by atoms with Crippen molar-refractivity contribution in [3.8, 4) is 11.5 Å². The van der Waals surface area contributed by atoms with E-state index in [1.807, 2.05) is 31.2 Å². The van der Waals surface area contributed by atoms with Crippen LogP contribution in [0.1, 0.15) is 50.2 Å². The molecule has 0 saturated heterocycles. The molecule has 31 heavy (non-hydrogen) atoms. The molecule has 0 atom stereocenters. The molecule has 4 fully saturated rings. The zero-order valence-electron chi connectivity index (χ0n) is 18.1. The summed E-state index contributed by atoms with van der Waals surface area (Å²) in [6.45, 7) is 3.97. The van der Waals surface area contributed by atoms with Gasteiger partial charge in [-0.25, -0.2) is 0 Å². The second kappa shape index (κ2) is 9.33. The van der Waals surface area contributed by atoms with Crippen LogP contribution in [0.5, 0.6) is 11.5 Å². The Labute approximate surface area is 199 Å². The Morgan fingerprint density at radius 1 is 0.935 bits per heavy atom. The van der Waals surface area contributed by atoms with E-state index in [9.17, 15) is 0 Å². The van der Waals surface area contributed by atoms with E-state index in [2.05, 4.69) is 33.4 Å². The smallest absolute Gasteiger partial charge is 0.175 e. The maximum absolute atomic E-state index is 6.14. The summed E-state index contributed by atoms with van der Waals surface area (Å²) in [5, 5.41) is 4.66. The van der Waals surface area contributed by atoms with Crippen LogP contribution in [0.15, 0.2) is 40.9 Å². The monoisotopic (exact) mass is 503 g/mol. The van der Waals surface area contributed by atoms with Gasteiger partial charge < -0.3 is 14.8 Å². The topological polar surface area (TPSA) is 30.5 Å². The maximum Gasteiger partial charge on any atom is 0.175 e. The molecule has 4 aliphatic rings. The molecule has 0 amide bonds. The summed E-state index contributed by atoms with van der Waals surface area (Å²) in [6.07, 6.45) is 7.26. The quantitative estimate of drug-likeness (QED) is 0.420. The summed E-state index contributed by atoms with van der Waals surface area (Å²) in [5.74, 6) is 5.34. The van der Waals surface area contributed by atoms with Gasteiger partial charge in [0, 0.05) is 17.6 Å². The van der Waals surface area contributed by atoms with Crippen molar-refractivity contribution in [3.05, 3.63) is 57.0 Å². The predicted molar refractivity (Wildman–Crippen MR) is 129 cm³/mol. The highest BCUT2D eigenvalue weighted by atomic mass is 79.9. The van der Waals surface area contributed by atoms with Gasteiger partial charge in [-0.3, -0.25) is 0 Å². The van der Waals surface area contributed by atoms with Crippen molar-refractivity contribution in [2.45, 2.75) is 58.2 Å². The van der Waals surface area contributed by atoms with E-state index in [1.54, 1.807) is 0 Å². The van der Waals surface area contributed by atoms with Crippen molar-refractivity contribution in [1.29, 1.82) is 0 Å². The van der Waals surface area contributed by atoms with Crippen LogP contribution in [0.3, 0.4) is 0 Å². The third-order valence-electron chi connectivity index (χ3n) is 7.43. The summed E-state index contributed by atoms with van der Waals surface area (Å²) in [7, 11) is 0. The van der Waals surface area contributed by atoms with Gasteiger partial charge in [-0.2, -0.15) is 0 Å². The molecule has 4 aliphatic carbocycles. The van der Waals surface area contributed by atoms with Crippen LogP contribution in [0, 0.1) is 23.7 Å². The van der Waals surface area contributed by atoms with E-state index in [0.29, 0.717) is 19.3 Å². The lowest BCUT2D eigenvalue weighted by Crippen LogP contribution is -2.54. The van der Waals surface area contributed by atoms with Crippen molar-refractivity contribution in [1.82, 2.24) is 5.32 Å². The fourth-order valence-electron chi connectivity index (χ4n) is 6.36. The van der Waals surface area contributed by atoms with E-state index in [1.165, 1.54) is 37.7 Å². The Bertz CT molecular complexity index is 888. The summed E-state index contributed by atoms with van der Waals surface area (Å²) in [4.78, 5) is 0. The minimum atomic E-state index is 0.473. The Morgan fingerprint density at radius 2 is 1.61 bits per heavy atom. The normalized spacial score (nSPS) is 28.7. The van der Waals surface area contributed by atoms with Gasteiger partial charge in [0.25, 0.3) is 0 Å². The second-order valence-corrected chi connectivity index (χ2v) is 10.9. The number of benzene rings is 2. The van der Waals surface area contributed by atoms with Gasteiger partial charge in [0.05, 0.1) is 11.1 Å². The van der Waals surface area contributed by atoms with E-state index >= 15 is 0 Å². The molecular formula is C26H31BrClNO2. The minimum Gasteiger partial charge on any atom is -0.490 e. The number of nitrogens with one attached hydrogen (secondary N) is 1. The molecule has 5 heteroatoms. The molecular weight excluding hydrogens is 474 g/mol. The van der Waals surface area contributed by atoms with Crippen molar-refractivity contribution < 1.29 is 9.47 Å². The second-order valence-electron chi connectivity index (χ2n) is 9.59. The number of hydrogen-bond acceptors (Lipinski definition) is 3. The summed E-state index contributed by atoms with van der Waals surface area (Å²) >= 11 is 9.72. The molecule has 1 N–H and O–H groups in total. The predicted octanol–water partition coefficient (Wildman–Crippen LogP) is 6.99. The van der Waals surface area contributed by atoms with Gasteiger partial charge >= 0.3 is 0 Å². The number of halogens is 2. The molecule has 2 aromatic rings. The van der Waals surface area contributed by atoms with E-state index < -0.39 is 0 Å². The maximum atomic E-state index is 6.14. The molecule has 0 heterocycles.